The van der Waals surface area contributed by atoms with Crippen LogP contribution in [0.2, 0.25) is 0 Å². The second kappa shape index (κ2) is 1.78. The van der Waals surface area contributed by atoms with Crippen molar-refractivity contribution in [3.8, 4) is 0 Å². The van der Waals surface area contributed by atoms with Crippen LogP contribution in [0.15, 0.2) is 0 Å². The maximum atomic E-state index is 10.9. The topological polar surface area (TPSA) is 35.5 Å². The lowest BCUT2D eigenvalue weighted by molar-refractivity contribution is -0.120. The van der Waals surface area contributed by atoms with Crippen LogP contribution in [0.5, 0.6) is 0 Å². The van der Waals surface area contributed by atoms with Crippen LogP contribution in [-0.4, -0.2) is 25.3 Å². The average Bonchev–Trinajstić information content (AvgIpc) is 2.35. The molecule has 0 bridgehead atoms. The van der Waals surface area contributed by atoms with Gasteiger partial charge in [0.2, 0.25) is 0 Å². The number of hydrogen-bond acceptors (Lipinski definition) is 3. The normalized spacial score (nSPS) is 41.6. The van der Waals surface area contributed by atoms with Gasteiger partial charge in [0.15, 0.2) is 12.1 Å². The van der Waals surface area contributed by atoms with Crippen LogP contribution in [0.25, 0.3) is 0 Å². The first-order valence-corrected chi connectivity index (χ1v) is 3.14. The first-order valence-electron chi connectivity index (χ1n) is 3.14. The molecular weight excluding hydrogens is 120 g/mol. The lowest BCUT2D eigenvalue weighted by atomic mass is 10.1. The Hall–Kier alpha value is -0.410. The molecule has 2 saturated heterocycles. The molecule has 0 aromatic rings. The van der Waals surface area contributed by atoms with Crippen LogP contribution in [0, 0.1) is 5.92 Å². The minimum Gasteiger partial charge on any atom is -0.352 e. The van der Waals surface area contributed by atoms with Gasteiger partial charge in [-0.15, -0.1) is 0 Å². The molecule has 0 N–H and O–H groups in total. The number of Topliss-reactive ketones (excluding diaryl/α,β-unsaturated/α-hetero) is 1. The molecule has 2 aliphatic heterocycles. The van der Waals surface area contributed by atoms with Gasteiger partial charge in [-0.3, -0.25) is 4.79 Å². The lowest BCUT2D eigenvalue weighted by Gasteiger charge is -2.02. The SMILES string of the molecule is O=C1CO[C@@H]2OCCC12. The van der Waals surface area contributed by atoms with Gasteiger partial charge in [-0.2, -0.15) is 0 Å². The van der Waals surface area contributed by atoms with E-state index in [0.717, 1.165) is 6.42 Å². The van der Waals surface area contributed by atoms with Gasteiger partial charge in [-0.1, -0.05) is 0 Å². The van der Waals surface area contributed by atoms with Crippen molar-refractivity contribution in [2.45, 2.75) is 12.7 Å². The fourth-order valence-electron chi connectivity index (χ4n) is 1.31. The highest BCUT2D eigenvalue weighted by molar-refractivity contribution is 5.84. The number of ketones is 1. The van der Waals surface area contributed by atoms with Crippen LogP contribution in [0.3, 0.4) is 0 Å². The van der Waals surface area contributed by atoms with Gasteiger partial charge >= 0.3 is 0 Å². The summed E-state index contributed by atoms with van der Waals surface area (Å²) in [6, 6.07) is 0. The Morgan fingerprint density at radius 1 is 1.44 bits per heavy atom. The first-order chi connectivity index (χ1) is 4.38. The maximum Gasteiger partial charge on any atom is 0.168 e. The summed E-state index contributed by atoms with van der Waals surface area (Å²) >= 11 is 0. The largest absolute Gasteiger partial charge is 0.352 e. The van der Waals surface area contributed by atoms with Crippen LogP contribution in [-0.2, 0) is 14.3 Å². The van der Waals surface area contributed by atoms with Crippen molar-refractivity contribution >= 4 is 5.78 Å². The van der Waals surface area contributed by atoms with Crippen molar-refractivity contribution in [3.05, 3.63) is 0 Å². The Labute approximate surface area is 52.9 Å². The summed E-state index contributed by atoms with van der Waals surface area (Å²) in [7, 11) is 0. The molecule has 0 aromatic carbocycles. The molecule has 0 aliphatic carbocycles. The maximum absolute atomic E-state index is 10.9. The molecule has 2 heterocycles. The number of rotatable bonds is 0. The monoisotopic (exact) mass is 128 g/mol. The Balaban J connectivity index is 2.15. The molecule has 2 atom stereocenters. The van der Waals surface area contributed by atoms with E-state index in [1.807, 2.05) is 0 Å². The average molecular weight is 128 g/mol. The molecule has 2 aliphatic rings. The van der Waals surface area contributed by atoms with E-state index in [-0.39, 0.29) is 24.6 Å². The van der Waals surface area contributed by atoms with Crippen LogP contribution in [0.4, 0.5) is 0 Å². The van der Waals surface area contributed by atoms with Crippen LogP contribution >= 0.6 is 0 Å². The Morgan fingerprint density at radius 3 is 3.11 bits per heavy atom. The number of hydrogen-bond donors (Lipinski definition) is 0. The van der Waals surface area contributed by atoms with Gasteiger partial charge in [-0.25, -0.2) is 0 Å². The molecule has 2 rings (SSSR count). The fraction of sp³-hybridized carbons (Fsp3) is 0.833. The lowest BCUT2D eigenvalue weighted by Crippen LogP contribution is -2.13. The van der Waals surface area contributed by atoms with Gasteiger partial charge in [0.05, 0.1) is 12.5 Å². The number of carbonyl (C=O) groups is 1. The van der Waals surface area contributed by atoms with Crippen molar-refractivity contribution in [1.29, 1.82) is 0 Å². The Kier molecular flexibility index (Phi) is 1.07. The molecule has 2 fully saturated rings. The van der Waals surface area contributed by atoms with E-state index in [2.05, 4.69) is 0 Å². The molecule has 0 saturated carbocycles. The van der Waals surface area contributed by atoms with Gasteiger partial charge in [0.25, 0.3) is 0 Å². The van der Waals surface area contributed by atoms with E-state index in [0.29, 0.717) is 6.61 Å². The van der Waals surface area contributed by atoms with E-state index in [4.69, 9.17) is 9.47 Å². The zero-order valence-electron chi connectivity index (χ0n) is 5.00. The quantitative estimate of drug-likeness (QED) is 0.458. The molecule has 0 spiro atoms. The van der Waals surface area contributed by atoms with E-state index >= 15 is 0 Å². The fourth-order valence-corrected chi connectivity index (χ4v) is 1.31. The molecule has 0 aromatic heterocycles. The Morgan fingerprint density at radius 2 is 2.33 bits per heavy atom. The van der Waals surface area contributed by atoms with E-state index in [1.54, 1.807) is 0 Å². The Bertz CT molecular complexity index is 143. The zero-order chi connectivity index (χ0) is 6.27. The third-order valence-electron chi connectivity index (χ3n) is 1.84. The van der Waals surface area contributed by atoms with E-state index in [1.165, 1.54) is 0 Å². The third kappa shape index (κ3) is 0.686. The molecular formula is C6H8O3. The minimum absolute atomic E-state index is 0.0602. The third-order valence-corrected chi connectivity index (χ3v) is 1.84. The highest BCUT2D eigenvalue weighted by atomic mass is 16.7. The van der Waals surface area contributed by atoms with Crippen molar-refractivity contribution < 1.29 is 14.3 Å². The van der Waals surface area contributed by atoms with Gasteiger partial charge in [0, 0.05) is 0 Å². The number of fused-ring (bicyclic) bond motifs is 1. The highest BCUT2D eigenvalue weighted by Crippen LogP contribution is 2.27. The number of ether oxygens (including phenoxy) is 2. The second-order valence-corrected chi connectivity index (χ2v) is 2.41. The summed E-state index contributed by atoms with van der Waals surface area (Å²) in [4.78, 5) is 10.9. The second-order valence-electron chi connectivity index (χ2n) is 2.41. The first kappa shape index (κ1) is 5.38. The van der Waals surface area contributed by atoms with Crippen LogP contribution in [0.1, 0.15) is 6.42 Å². The molecule has 1 unspecified atom stereocenters. The van der Waals surface area contributed by atoms with Crippen molar-refractivity contribution in [3.63, 3.8) is 0 Å². The summed E-state index contributed by atoms with van der Waals surface area (Å²) in [5.41, 5.74) is 0. The summed E-state index contributed by atoms with van der Waals surface area (Å²) in [6.45, 7) is 0.941. The molecule has 3 heteroatoms. The van der Waals surface area contributed by atoms with Gasteiger partial charge in [-0.05, 0) is 6.42 Å². The molecule has 0 radical (unpaired) electrons. The summed E-state index contributed by atoms with van der Waals surface area (Å²) < 4.78 is 10.1. The molecule has 0 amide bonds. The smallest absolute Gasteiger partial charge is 0.168 e. The van der Waals surface area contributed by atoms with Crippen molar-refractivity contribution in [2.24, 2.45) is 5.92 Å². The molecule has 50 valence electrons. The summed E-state index contributed by atoms with van der Waals surface area (Å²) in [5, 5.41) is 0. The van der Waals surface area contributed by atoms with Crippen molar-refractivity contribution in [2.75, 3.05) is 13.2 Å². The number of carbonyl (C=O) groups excluding carboxylic acids is 1. The van der Waals surface area contributed by atoms with Gasteiger partial charge < -0.3 is 9.47 Å². The summed E-state index contributed by atoms with van der Waals surface area (Å²) in [5.74, 6) is 0.266. The predicted octanol–water partition coefficient (Wildman–Crippen LogP) is -0.0517. The standard InChI is InChI=1S/C6H8O3/c7-5-3-9-6-4(5)1-2-8-6/h4,6H,1-3H2/t4?,6-/m0/s1. The van der Waals surface area contributed by atoms with Crippen LogP contribution < -0.4 is 0 Å². The van der Waals surface area contributed by atoms with Crippen molar-refractivity contribution in [1.82, 2.24) is 0 Å². The zero-order valence-corrected chi connectivity index (χ0v) is 5.00. The molecule has 3 nitrogen and oxygen atoms in total. The molecule has 9 heavy (non-hydrogen) atoms. The van der Waals surface area contributed by atoms with E-state index < -0.39 is 0 Å². The van der Waals surface area contributed by atoms with Gasteiger partial charge in [0.1, 0.15) is 6.61 Å². The predicted molar refractivity (Wildman–Crippen MR) is 28.8 cm³/mol. The van der Waals surface area contributed by atoms with E-state index in [9.17, 15) is 4.79 Å². The minimum atomic E-state index is -0.197. The summed E-state index contributed by atoms with van der Waals surface area (Å²) in [6.07, 6.45) is 0.654. The highest BCUT2D eigenvalue weighted by Gasteiger charge is 2.40.